The lowest BCUT2D eigenvalue weighted by Gasteiger charge is -2.06. The maximum absolute atomic E-state index is 14.0. The zero-order chi connectivity index (χ0) is 16.9. The van der Waals surface area contributed by atoms with Gasteiger partial charge in [-0.1, -0.05) is 6.07 Å². The molecule has 120 valence electrons. The van der Waals surface area contributed by atoms with E-state index in [1.165, 1.54) is 24.4 Å². The number of aromatic nitrogens is 1. The van der Waals surface area contributed by atoms with Gasteiger partial charge in [0.2, 0.25) is 10.0 Å². The summed E-state index contributed by atoms with van der Waals surface area (Å²) in [5.74, 6) is -1.04. The molecule has 1 amide bonds. The van der Waals surface area contributed by atoms with E-state index in [2.05, 4.69) is 4.98 Å². The molecule has 0 unspecified atom stereocenters. The summed E-state index contributed by atoms with van der Waals surface area (Å²) in [4.78, 5) is 15.2. The third kappa shape index (κ3) is 5.51. The first-order valence-corrected chi connectivity index (χ1v) is 8.30. The van der Waals surface area contributed by atoms with Crippen LogP contribution in [0, 0.1) is 5.82 Å². The van der Waals surface area contributed by atoms with Crippen molar-refractivity contribution in [2.75, 3.05) is 6.26 Å². The van der Waals surface area contributed by atoms with Crippen molar-refractivity contribution in [1.29, 1.82) is 0 Å². The van der Waals surface area contributed by atoms with E-state index in [0.29, 0.717) is 11.3 Å². The van der Waals surface area contributed by atoms with Crippen LogP contribution < -0.4 is 9.46 Å². The van der Waals surface area contributed by atoms with Gasteiger partial charge in [-0.3, -0.25) is 9.78 Å². The number of rotatable bonds is 5. The van der Waals surface area contributed by atoms with Gasteiger partial charge >= 0.3 is 0 Å². The van der Waals surface area contributed by atoms with Gasteiger partial charge in [0.15, 0.2) is 11.6 Å². The van der Waals surface area contributed by atoms with Gasteiger partial charge in [0, 0.05) is 12.3 Å². The largest absolute Gasteiger partial charge is 0.453 e. The van der Waals surface area contributed by atoms with Crippen LogP contribution >= 0.6 is 0 Å². The van der Waals surface area contributed by atoms with Gasteiger partial charge in [0.05, 0.1) is 12.5 Å². The Morgan fingerprint density at radius 1 is 1.35 bits per heavy atom. The van der Waals surface area contributed by atoms with E-state index >= 15 is 0 Å². The molecule has 6 nitrogen and oxygen atoms in total. The lowest BCUT2D eigenvalue weighted by molar-refractivity contribution is -0.114. The van der Waals surface area contributed by atoms with E-state index in [1.54, 1.807) is 23.1 Å². The maximum atomic E-state index is 14.0. The van der Waals surface area contributed by atoms with Crippen LogP contribution in [0.2, 0.25) is 0 Å². The van der Waals surface area contributed by atoms with Crippen molar-refractivity contribution in [3.05, 3.63) is 60.2 Å². The predicted octanol–water partition coefficient (Wildman–Crippen LogP) is 2.10. The van der Waals surface area contributed by atoms with E-state index in [4.69, 9.17) is 4.74 Å². The molecule has 1 aromatic heterocycles. The first-order chi connectivity index (χ1) is 10.8. The molecular formula is C15H13FN2O4S. The van der Waals surface area contributed by atoms with Crippen LogP contribution in [0.3, 0.4) is 0 Å². The van der Waals surface area contributed by atoms with Gasteiger partial charge in [0.1, 0.15) is 5.75 Å². The van der Waals surface area contributed by atoms with Gasteiger partial charge in [-0.2, -0.15) is 0 Å². The Kier molecular flexibility index (Phi) is 5.07. The highest BCUT2D eigenvalue weighted by molar-refractivity contribution is 7.89. The highest BCUT2D eigenvalue weighted by atomic mass is 32.2. The Labute approximate surface area is 132 Å². The van der Waals surface area contributed by atoms with Gasteiger partial charge in [-0.15, -0.1) is 0 Å². The number of halogens is 1. The van der Waals surface area contributed by atoms with Crippen molar-refractivity contribution < 1.29 is 22.3 Å². The Balaban J connectivity index is 2.09. The third-order valence-electron chi connectivity index (χ3n) is 2.53. The number of nitrogens with zero attached hydrogens (tertiary/aromatic N) is 1. The first kappa shape index (κ1) is 16.6. The molecule has 0 aliphatic rings. The molecule has 1 aromatic carbocycles. The van der Waals surface area contributed by atoms with Gasteiger partial charge < -0.3 is 4.74 Å². The predicted molar refractivity (Wildman–Crippen MR) is 82.7 cm³/mol. The maximum Gasteiger partial charge on any atom is 0.257 e. The van der Waals surface area contributed by atoms with Gasteiger partial charge in [0.25, 0.3) is 5.91 Å². The Hall–Kier alpha value is -2.74. The summed E-state index contributed by atoms with van der Waals surface area (Å²) < 4.78 is 42.8. The molecule has 0 spiro atoms. The number of hydrogen-bond acceptors (Lipinski definition) is 5. The quantitative estimate of drug-likeness (QED) is 0.845. The van der Waals surface area contributed by atoms with E-state index < -0.39 is 21.7 Å². The van der Waals surface area contributed by atoms with Crippen molar-refractivity contribution in [2.24, 2.45) is 0 Å². The summed E-state index contributed by atoms with van der Waals surface area (Å²) in [5.41, 5.74) is 0.379. The topological polar surface area (TPSA) is 85.4 Å². The van der Waals surface area contributed by atoms with Crippen LogP contribution in [0.15, 0.2) is 48.8 Å². The number of carbonyl (C=O) groups is 1. The Morgan fingerprint density at radius 2 is 2.13 bits per heavy atom. The third-order valence-corrected chi connectivity index (χ3v) is 3.10. The molecule has 0 atom stereocenters. The van der Waals surface area contributed by atoms with Crippen LogP contribution in [0.1, 0.15) is 5.56 Å². The first-order valence-electron chi connectivity index (χ1n) is 6.41. The number of benzene rings is 1. The number of nitrogens with one attached hydrogen (secondary N) is 1. The summed E-state index contributed by atoms with van der Waals surface area (Å²) in [6, 6.07) is 7.38. The number of hydrogen-bond donors (Lipinski definition) is 1. The molecule has 0 radical (unpaired) electrons. The van der Waals surface area contributed by atoms with Gasteiger partial charge in [-0.25, -0.2) is 17.5 Å². The number of carbonyl (C=O) groups excluding carboxylic acids is 1. The van der Waals surface area contributed by atoms with Crippen molar-refractivity contribution in [1.82, 2.24) is 9.71 Å². The normalized spacial score (nSPS) is 11.4. The molecule has 0 saturated heterocycles. The van der Waals surface area contributed by atoms with Crippen molar-refractivity contribution in [2.45, 2.75) is 0 Å². The minimum atomic E-state index is -3.63. The molecule has 0 aliphatic heterocycles. The van der Waals surface area contributed by atoms with E-state index in [-0.39, 0.29) is 5.75 Å². The van der Waals surface area contributed by atoms with E-state index in [1.807, 2.05) is 0 Å². The number of amides is 1. The second-order valence-corrected chi connectivity index (χ2v) is 6.30. The molecule has 1 N–H and O–H groups in total. The van der Waals surface area contributed by atoms with E-state index in [9.17, 15) is 17.6 Å². The second-order valence-electron chi connectivity index (χ2n) is 4.55. The molecule has 23 heavy (non-hydrogen) atoms. The fourth-order valence-electron chi connectivity index (χ4n) is 1.63. The molecule has 0 bridgehead atoms. The molecule has 8 heteroatoms. The molecule has 1 heterocycles. The van der Waals surface area contributed by atoms with Crippen LogP contribution in [0.4, 0.5) is 4.39 Å². The summed E-state index contributed by atoms with van der Waals surface area (Å²) >= 11 is 0. The average Bonchev–Trinajstić information content (AvgIpc) is 2.47. The number of ether oxygens (including phenoxy) is 1. The lowest BCUT2D eigenvalue weighted by atomic mass is 10.2. The molecule has 0 saturated carbocycles. The zero-order valence-electron chi connectivity index (χ0n) is 12.1. The molecule has 2 aromatic rings. The molecule has 2 rings (SSSR count). The highest BCUT2D eigenvalue weighted by Gasteiger charge is 2.07. The van der Waals surface area contributed by atoms with Crippen LogP contribution in [0.5, 0.6) is 11.5 Å². The average molecular weight is 336 g/mol. The number of pyridine rings is 1. The minimum Gasteiger partial charge on any atom is -0.453 e. The van der Waals surface area contributed by atoms with Crippen LogP contribution in [0.25, 0.3) is 6.08 Å². The lowest BCUT2D eigenvalue weighted by Crippen LogP contribution is -2.27. The van der Waals surface area contributed by atoms with Crippen molar-refractivity contribution in [3.8, 4) is 11.5 Å². The van der Waals surface area contributed by atoms with Crippen LogP contribution in [-0.2, 0) is 14.8 Å². The minimum absolute atomic E-state index is 0.00994. The monoisotopic (exact) mass is 336 g/mol. The summed E-state index contributed by atoms with van der Waals surface area (Å²) in [7, 11) is -3.63. The summed E-state index contributed by atoms with van der Waals surface area (Å²) in [6.07, 6.45) is 6.17. The van der Waals surface area contributed by atoms with Crippen LogP contribution in [-0.4, -0.2) is 25.6 Å². The fraction of sp³-hybridized carbons (Fsp3) is 0.0667. The fourth-order valence-corrected chi connectivity index (χ4v) is 2.06. The molecule has 0 fully saturated rings. The highest BCUT2D eigenvalue weighted by Crippen LogP contribution is 2.24. The standard InChI is InChI=1S/C15H13FN2O4S/c1-23(20,21)18-15(19)7-5-11-4-6-14(13(16)9-11)22-12-3-2-8-17-10-12/h2-10H,1H3,(H,18,19)/b7-5-. The smallest absolute Gasteiger partial charge is 0.257 e. The Morgan fingerprint density at radius 3 is 2.74 bits per heavy atom. The van der Waals surface area contributed by atoms with Crippen molar-refractivity contribution >= 4 is 22.0 Å². The summed E-state index contributed by atoms with van der Waals surface area (Å²) in [6.45, 7) is 0. The molecule has 0 aliphatic carbocycles. The Bertz CT molecular complexity index is 836. The van der Waals surface area contributed by atoms with Gasteiger partial charge in [-0.05, 0) is 35.9 Å². The molecular weight excluding hydrogens is 323 g/mol. The zero-order valence-corrected chi connectivity index (χ0v) is 12.9. The van der Waals surface area contributed by atoms with Crippen molar-refractivity contribution in [3.63, 3.8) is 0 Å². The second kappa shape index (κ2) is 7.01. The van der Waals surface area contributed by atoms with E-state index in [0.717, 1.165) is 18.4 Å². The summed E-state index contributed by atoms with van der Waals surface area (Å²) in [5, 5.41) is 0. The number of sulfonamides is 1. The SMILES string of the molecule is CS(=O)(=O)NC(=O)/C=C\c1ccc(Oc2cccnc2)c(F)c1.